The second-order valence-corrected chi connectivity index (χ2v) is 3.56. The van der Waals surface area contributed by atoms with E-state index in [9.17, 15) is 5.11 Å². The van der Waals surface area contributed by atoms with Crippen LogP contribution >= 0.6 is 11.3 Å². The van der Waals surface area contributed by atoms with Crippen molar-refractivity contribution in [2.45, 2.75) is 32.3 Å². The summed E-state index contributed by atoms with van der Waals surface area (Å²) in [5.41, 5.74) is 0. The normalized spacial score (nSPS) is 16.3. The quantitative estimate of drug-likeness (QED) is 0.754. The summed E-state index contributed by atoms with van der Waals surface area (Å²) in [6.07, 6.45) is 2.32. The Morgan fingerprint density at radius 2 is 2.45 bits per heavy atom. The van der Waals surface area contributed by atoms with Crippen LogP contribution < -0.4 is 0 Å². The molecule has 3 heteroatoms. The van der Waals surface area contributed by atoms with E-state index in [2.05, 4.69) is 4.98 Å². The maximum atomic E-state index is 9.46. The Bertz CT molecular complexity index is 198. The molecule has 1 N–H and O–H groups in total. The predicted molar refractivity (Wildman–Crippen MR) is 46.8 cm³/mol. The van der Waals surface area contributed by atoms with E-state index in [0.717, 1.165) is 11.4 Å². The van der Waals surface area contributed by atoms with Crippen molar-refractivity contribution >= 4 is 11.3 Å². The van der Waals surface area contributed by atoms with Crippen LogP contribution in [0.2, 0.25) is 0 Å². The highest BCUT2D eigenvalue weighted by molar-refractivity contribution is 7.09. The Morgan fingerprint density at radius 3 is 2.91 bits per heavy atom. The van der Waals surface area contributed by atoms with Gasteiger partial charge >= 0.3 is 0 Å². The summed E-state index contributed by atoms with van der Waals surface area (Å²) in [5.74, 6) is 0.181. The topological polar surface area (TPSA) is 33.1 Å². The number of hydrogen-bond donors (Lipinski definition) is 1. The molecule has 2 nitrogen and oxygen atoms in total. The lowest BCUT2D eigenvalue weighted by atomic mass is 10.0. The minimum Gasteiger partial charge on any atom is -0.392 e. The van der Waals surface area contributed by atoms with E-state index in [0.29, 0.717) is 0 Å². The minimum absolute atomic E-state index is 0.181. The number of nitrogens with zero attached hydrogens (tertiary/aromatic N) is 1. The number of aliphatic hydroxyl groups is 1. The first-order valence-corrected chi connectivity index (χ1v) is 4.71. The predicted octanol–water partition coefficient (Wildman–Crippen LogP) is 2.02. The van der Waals surface area contributed by atoms with Crippen LogP contribution in [0.5, 0.6) is 0 Å². The largest absolute Gasteiger partial charge is 0.392 e. The molecular formula is C8H13NOS. The van der Waals surface area contributed by atoms with Crippen LogP contribution in [0.4, 0.5) is 0 Å². The fourth-order valence-corrected chi connectivity index (χ4v) is 1.73. The van der Waals surface area contributed by atoms with Gasteiger partial charge in [-0.2, -0.15) is 0 Å². The highest BCUT2D eigenvalue weighted by Gasteiger charge is 2.15. The molecule has 0 bridgehead atoms. The van der Waals surface area contributed by atoms with Gasteiger partial charge in [0.25, 0.3) is 0 Å². The van der Waals surface area contributed by atoms with Crippen molar-refractivity contribution in [1.82, 2.24) is 4.98 Å². The molecule has 0 aliphatic carbocycles. The first-order valence-electron chi connectivity index (χ1n) is 3.83. The second-order valence-electron chi connectivity index (χ2n) is 2.63. The average molecular weight is 171 g/mol. The number of hydrogen-bond acceptors (Lipinski definition) is 3. The van der Waals surface area contributed by atoms with Gasteiger partial charge in [0.15, 0.2) is 0 Å². The van der Waals surface area contributed by atoms with Crippen LogP contribution in [-0.4, -0.2) is 16.2 Å². The molecule has 62 valence electrons. The molecule has 2 atom stereocenters. The molecular weight excluding hydrogens is 158 g/mol. The Balaban J connectivity index is 2.62. The lowest BCUT2D eigenvalue weighted by molar-refractivity contribution is 0.145. The SMILES string of the molecule is CCC(O)C(C)c1nccs1. The fraction of sp³-hybridized carbons (Fsp3) is 0.625. The molecule has 1 aromatic heterocycles. The molecule has 0 saturated carbocycles. The van der Waals surface area contributed by atoms with E-state index in [1.807, 2.05) is 19.2 Å². The summed E-state index contributed by atoms with van der Waals surface area (Å²) < 4.78 is 0. The molecule has 0 amide bonds. The number of aliphatic hydroxyl groups excluding tert-OH is 1. The number of thiazole rings is 1. The van der Waals surface area contributed by atoms with E-state index in [1.54, 1.807) is 17.5 Å². The number of rotatable bonds is 3. The van der Waals surface area contributed by atoms with Gasteiger partial charge in [-0.1, -0.05) is 13.8 Å². The van der Waals surface area contributed by atoms with Crippen molar-refractivity contribution in [3.05, 3.63) is 16.6 Å². The molecule has 0 fully saturated rings. The summed E-state index contributed by atoms with van der Waals surface area (Å²) >= 11 is 1.60. The summed E-state index contributed by atoms with van der Waals surface area (Å²) in [6.45, 7) is 3.99. The fourth-order valence-electron chi connectivity index (χ4n) is 0.977. The van der Waals surface area contributed by atoms with Crippen LogP contribution in [0.1, 0.15) is 31.2 Å². The van der Waals surface area contributed by atoms with Crippen molar-refractivity contribution in [1.29, 1.82) is 0 Å². The zero-order valence-corrected chi connectivity index (χ0v) is 7.64. The molecule has 0 aliphatic rings. The van der Waals surface area contributed by atoms with Crippen LogP contribution in [-0.2, 0) is 0 Å². The smallest absolute Gasteiger partial charge is 0.0978 e. The third-order valence-corrected chi connectivity index (χ3v) is 2.81. The van der Waals surface area contributed by atoms with Crippen molar-refractivity contribution in [3.63, 3.8) is 0 Å². The number of aromatic nitrogens is 1. The van der Waals surface area contributed by atoms with Gasteiger partial charge in [0.1, 0.15) is 0 Å². The molecule has 0 radical (unpaired) electrons. The maximum absolute atomic E-state index is 9.46. The van der Waals surface area contributed by atoms with Gasteiger partial charge < -0.3 is 5.11 Å². The summed E-state index contributed by atoms with van der Waals surface area (Å²) in [4.78, 5) is 4.14. The van der Waals surface area contributed by atoms with Crippen LogP contribution in [0, 0.1) is 0 Å². The Kier molecular flexibility index (Phi) is 3.02. The van der Waals surface area contributed by atoms with E-state index < -0.39 is 0 Å². The van der Waals surface area contributed by atoms with Crippen molar-refractivity contribution < 1.29 is 5.11 Å². The van der Waals surface area contributed by atoms with Crippen LogP contribution in [0.3, 0.4) is 0 Å². The molecule has 0 aliphatic heterocycles. The highest BCUT2D eigenvalue weighted by atomic mass is 32.1. The third-order valence-electron chi connectivity index (χ3n) is 1.84. The van der Waals surface area contributed by atoms with Gasteiger partial charge in [0, 0.05) is 17.5 Å². The lowest BCUT2D eigenvalue weighted by Gasteiger charge is -2.13. The molecule has 0 aromatic carbocycles. The van der Waals surface area contributed by atoms with Gasteiger partial charge in [-0.25, -0.2) is 4.98 Å². The van der Waals surface area contributed by atoms with E-state index in [1.165, 1.54) is 0 Å². The molecule has 1 aromatic rings. The lowest BCUT2D eigenvalue weighted by Crippen LogP contribution is -2.13. The highest BCUT2D eigenvalue weighted by Crippen LogP contribution is 2.22. The molecule has 11 heavy (non-hydrogen) atoms. The minimum atomic E-state index is -0.249. The zero-order valence-electron chi connectivity index (χ0n) is 6.82. The van der Waals surface area contributed by atoms with Gasteiger partial charge in [-0.05, 0) is 6.42 Å². The zero-order chi connectivity index (χ0) is 8.27. The van der Waals surface area contributed by atoms with Crippen molar-refractivity contribution in [3.8, 4) is 0 Å². The summed E-state index contributed by atoms with van der Waals surface area (Å²) in [5, 5.41) is 12.4. The van der Waals surface area contributed by atoms with Gasteiger partial charge in [-0.3, -0.25) is 0 Å². The van der Waals surface area contributed by atoms with Crippen LogP contribution in [0.25, 0.3) is 0 Å². The van der Waals surface area contributed by atoms with E-state index in [-0.39, 0.29) is 12.0 Å². The second kappa shape index (κ2) is 3.83. The molecule has 0 spiro atoms. The maximum Gasteiger partial charge on any atom is 0.0978 e. The average Bonchev–Trinajstić information content (AvgIpc) is 2.53. The first-order chi connectivity index (χ1) is 5.25. The van der Waals surface area contributed by atoms with Crippen LogP contribution in [0.15, 0.2) is 11.6 Å². The summed E-state index contributed by atoms with van der Waals surface area (Å²) in [6, 6.07) is 0. The standard InChI is InChI=1S/C8H13NOS/c1-3-7(10)6(2)8-9-4-5-11-8/h4-7,10H,3H2,1-2H3. The van der Waals surface area contributed by atoms with Crippen molar-refractivity contribution in [2.24, 2.45) is 0 Å². The first kappa shape index (κ1) is 8.68. The van der Waals surface area contributed by atoms with Gasteiger partial charge in [0.2, 0.25) is 0 Å². The Labute approximate surface area is 70.9 Å². The molecule has 2 unspecified atom stereocenters. The Morgan fingerprint density at radius 1 is 1.73 bits per heavy atom. The molecule has 1 rings (SSSR count). The molecule has 1 heterocycles. The monoisotopic (exact) mass is 171 g/mol. The van der Waals surface area contributed by atoms with E-state index in [4.69, 9.17) is 0 Å². The van der Waals surface area contributed by atoms with E-state index >= 15 is 0 Å². The summed E-state index contributed by atoms with van der Waals surface area (Å²) in [7, 11) is 0. The van der Waals surface area contributed by atoms with Gasteiger partial charge in [-0.15, -0.1) is 11.3 Å². The third kappa shape index (κ3) is 2.01. The Hall–Kier alpha value is -0.410. The molecule has 0 saturated heterocycles. The van der Waals surface area contributed by atoms with Gasteiger partial charge in [0.05, 0.1) is 11.1 Å². The van der Waals surface area contributed by atoms with Crippen molar-refractivity contribution in [2.75, 3.05) is 0 Å².